The van der Waals surface area contributed by atoms with Crippen LogP contribution < -0.4 is 5.32 Å². The van der Waals surface area contributed by atoms with Crippen LogP contribution in [0.5, 0.6) is 0 Å². The molecule has 0 unspecified atom stereocenters. The predicted octanol–water partition coefficient (Wildman–Crippen LogP) is 2.74. The second-order valence-corrected chi connectivity index (χ2v) is 6.09. The van der Waals surface area contributed by atoms with Crippen LogP contribution in [0, 0.1) is 17.5 Å². The third kappa shape index (κ3) is 6.09. The van der Waals surface area contributed by atoms with Crippen molar-refractivity contribution in [3.8, 4) is 0 Å². The topological polar surface area (TPSA) is 81.7 Å². The summed E-state index contributed by atoms with van der Waals surface area (Å²) >= 11 is 0. The number of amides is 1. The summed E-state index contributed by atoms with van der Waals surface area (Å²) in [5, 5.41) is 2.10. The monoisotopic (exact) mass is 361 g/mol. The average Bonchev–Trinajstić information content (AvgIpc) is 2.47. The smallest absolute Gasteiger partial charge is 0.408 e. The van der Waals surface area contributed by atoms with Gasteiger partial charge in [0, 0.05) is 6.07 Å². The van der Waals surface area contributed by atoms with Gasteiger partial charge < -0.3 is 14.8 Å². The molecule has 0 saturated carbocycles. The van der Waals surface area contributed by atoms with E-state index in [1.54, 1.807) is 20.8 Å². The zero-order chi connectivity index (χ0) is 19.4. The molecule has 0 fully saturated rings. The number of carbonyl (C=O) groups excluding carboxylic acids is 3. The molecule has 0 aliphatic rings. The number of rotatable bonds is 5. The molecule has 25 heavy (non-hydrogen) atoms. The van der Waals surface area contributed by atoms with Crippen LogP contribution in [0.3, 0.4) is 0 Å². The molecule has 0 radical (unpaired) electrons. The zero-order valence-electron chi connectivity index (χ0n) is 14.1. The van der Waals surface area contributed by atoms with E-state index in [2.05, 4.69) is 10.1 Å². The molecule has 0 heterocycles. The maximum atomic E-state index is 13.8. The third-order valence-corrected chi connectivity index (χ3v) is 2.88. The number of methoxy groups -OCH3 is 1. The molecule has 1 rings (SSSR count). The molecule has 0 spiro atoms. The molecule has 0 saturated heterocycles. The lowest BCUT2D eigenvalue weighted by Gasteiger charge is -2.22. The molecule has 1 aromatic carbocycles. The summed E-state index contributed by atoms with van der Waals surface area (Å²) < 4.78 is 49.4. The number of alkyl carbamates (subject to hydrolysis) is 1. The number of halogens is 3. The highest BCUT2D eigenvalue weighted by atomic mass is 19.2. The van der Waals surface area contributed by atoms with Gasteiger partial charge in [-0.3, -0.25) is 9.59 Å². The fraction of sp³-hybridized carbons (Fsp3) is 0.438. The normalized spacial score (nSPS) is 12.3. The molecule has 0 aromatic heterocycles. The molecule has 0 bridgehead atoms. The van der Waals surface area contributed by atoms with Gasteiger partial charge in [0.2, 0.25) is 0 Å². The zero-order valence-corrected chi connectivity index (χ0v) is 14.1. The van der Waals surface area contributed by atoms with E-state index in [4.69, 9.17) is 4.74 Å². The van der Waals surface area contributed by atoms with Gasteiger partial charge >= 0.3 is 12.1 Å². The Balaban J connectivity index is 3.10. The first-order chi connectivity index (χ1) is 11.4. The molecule has 1 N–H and O–H groups in total. The number of nitrogens with one attached hydrogen (secondary N) is 1. The van der Waals surface area contributed by atoms with Crippen LogP contribution in [-0.2, 0) is 14.3 Å². The van der Waals surface area contributed by atoms with E-state index >= 15 is 0 Å². The van der Waals surface area contributed by atoms with E-state index in [0.29, 0.717) is 6.07 Å². The molecule has 0 aliphatic heterocycles. The van der Waals surface area contributed by atoms with Crippen LogP contribution in [-0.4, -0.2) is 36.6 Å². The molecule has 1 aromatic rings. The molecule has 138 valence electrons. The predicted molar refractivity (Wildman–Crippen MR) is 80.4 cm³/mol. The number of carbonyl (C=O) groups is 3. The molecule has 6 nitrogen and oxygen atoms in total. The van der Waals surface area contributed by atoms with Crippen molar-refractivity contribution in [1.82, 2.24) is 5.32 Å². The minimum Gasteiger partial charge on any atom is -0.469 e. The van der Waals surface area contributed by atoms with E-state index in [9.17, 15) is 27.6 Å². The Labute approximate surface area is 142 Å². The van der Waals surface area contributed by atoms with Gasteiger partial charge in [0.05, 0.1) is 19.1 Å². The standard InChI is InChI=1S/C16H18F3NO5/c1-16(2,3)25-15(23)20-12(7-13(21)24-4)14(22)8-5-10(18)11(19)6-9(8)17/h5-6,12H,7H2,1-4H3,(H,20,23)/t12-/m0/s1. The highest BCUT2D eigenvalue weighted by molar-refractivity contribution is 6.03. The van der Waals surface area contributed by atoms with E-state index in [0.717, 1.165) is 7.11 Å². The summed E-state index contributed by atoms with van der Waals surface area (Å²) in [5.74, 6) is -6.26. The second-order valence-electron chi connectivity index (χ2n) is 6.09. The summed E-state index contributed by atoms with van der Waals surface area (Å²) in [6.07, 6.45) is -1.69. The van der Waals surface area contributed by atoms with Crippen molar-refractivity contribution in [2.75, 3.05) is 7.11 Å². The summed E-state index contributed by atoms with van der Waals surface area (Å²) in [7, 11) is 1.05. The van der Waals surface area contributed by atoms with E-state index in [1.165, 1.54) is 0 Å². The van der Waals surface area contributed by atoms with Crippen LogP contribution in [0.1, 0.15) is 37.6 Å². The number of hydrogen-bond acceptors (Lipinski definition) is 5. The highest BCUT2D eigenvalue weighted by Crippen LogP contribution is 2.17. The van der Waals surface area contributed by atoms with Gasteiger partial charge in [0.1, 0.15) is 17.5 Å². The maximum Gasteiger partial charge on any atom is 0.408 e. The van der Waals surface area contributed by atoms with Crippen molar-refractivity contribution < 1.29 is 37.0 Å². The largest absolute Gasteiger partial charge is 0.469 e. The first-order valence-electron chi connectivity index (χ1n) is 7.19. The summed E-state index contributed by atoms with van der Waals surface area (Å²) in [6.45, 7) is 4.70. The molecular weight excluding hydrogens is 343 g/mol. The first kappa shape index (κ1) is 20.5. The summed E-state index contributed by atoms with van der Waals surface area (Å²) in [4.78, 5) is 35.6. The van der Waals surface area contributed by atoms with Crippen molar-refractivity contribution in [3.05, 3.63) is 35.1 Å². The Kier molecular flexibility index (Phi) is 6.55. The average molecular weight is 361 g/mol. The quantitative estimate of drug-likeness (QED) is 0.495. The fourth-order valence-corrected chi connectivity index (χ4v) is 1.81. The number of ketones is 1. The minimum atomic E-state index is -1.58. The van der Waals surface area contributed by atoms with Crippen LogP contribution in [0.2, 0.25) is 0 Å². The van der Waals surface area contributed by atoms with Crippen LogP contribution in [0.25, 0.3) is 0 Å². The Morgan fingerprint density at radius 2 is 1.64 bits per heavy atom. The van der Waals surface area contributed by atoms with E-state index < -0.39 is 58.9 Å². The number of benzene rings is 1. The van der Waals surface area contributed by atoms with Gasteiger partial charge in [-0.2, -0.15) is 0 Å². The second kappa shape index (κ2) is 8.00. The van der Waals surface area contributed by atoms with Crippen molar-refractivity contribution >= 4 is 17.8 Å². The van der Waals surface area contributed by atoms with Gasteiger partial charge in [0.25, 0.3) is 0 Å². The van der Waals surface area contributed by atoms with Gasteiger partial charge in [-0.1, -0.05) is 0 Å². The summed E-state index contributed by atoms with van der Waals surface area (Å²) in [6, 6.07) is -1.03. The number of Topliss-reactive ketones (excluding diaryl/α,β-unsaturated/α-hetero) is 1. The molecule has 1 atom stereocenters. The fourth-order valence-electron chi connectivity index (χ4n) is 1.81. The third-order valence-electron chi connectivity index (χ3n) is 2.88. The van der Waals surface area contributed by atoms with Crippen molar-refractivity contribution in [2.24, 2.45) is 0 Å². The lowest BCUT2D eigenvalue weighted by molar-refractivity contribution is -0.140. The lowest BCUT2D eigenvalue weighted by Crippen LogP contribution is -2.45. The number of esters is 1. The molecule has 9 heteroatoms. The minimum absolute atomic E-state index is 0.200. The van der Waals surface area contributed by atoms with Gasteiger partial charge in [-0.15, -0.1) is 0 Å². The SMILES string of the molecule is COC(=O)C[C@H](NC(=O)OC(C)(C)C)C(=O)c1cc(F)c(F)cc1F. The molecule has 1 amide bonds. The Morgan fingerprint density at radius 1 is 1.08 bits per heavy atom. The van der Waals surface area contributed by atoms with Crippen LogP contribution >= 0.6 is 0 Å². The number of ether oxygens (including phenoxy) is 2. The van der Waals surface area contributed by atoms with Crippen molar-refractivity contribution in [3.63, 3.8) is 0 Å². The molecule has 0 aliphatic carbocycles. The Hall–Kier alpha value is -2.58. The summed E-state index contributed by atoms with van der Waals surface area (Å²) in [5.41, 5.74) is -1.71. The van der Waals surface area contributed by atoms with Crippen molar-refractivity contribution in [2.45, 2.75) is 38.8 Å². The van der Waals surface area contributed by atoms with E-state index in [-0.39, 0.29) is 6.07 Å². The first-order valence-corrected chi connectivity index (χ1v) is 7.19. The van der Waals surface area contributed by atoms with Crippen LogP contribution in [0.4, 0.5) is 18.0 Å². The van der Waals surface area contributed by atoms with E-state index in [1.807, 2.05) is 0 Å². The van der Waals surface area contributed by atoms with Crippen LogP contribution in [0.15, 0.2) is 12.1 Å². The van der Waals surface area contributed by atoms with Gasteiger partial charge in [0.15, 0.2) is 17.4 Å². The molecular formula is C16H18F3NO5. The number of hydrogen-bond donors (Lipinski definition) is 1. The highest BCUT2D eigenvalue weighted by Gasteiger charge is 2.30. The lowest BCUT2D eigenvalue weighted by atomic mass is 10.0. The Morgan fingerprint density at radius 3 is 2.16 bits per heavy atom. The maximum absolute atomic E-state index is 13.8. The van der Waals surface area contributed by atoms with Crippen molar-refractivity contribution in [1.29, 1.82) is 0 Å². The van der Waals surface area contributed by atoms with Gasteiger partial charge in [-0.25, -0.2) is 18.0 Å². The van der Waals surface area contributed by atoms with Gasteiger partial charge in [-0.05, 0) is 26.8 Å². The Bertz CT molecular complexity index is 685.